The zero-order valence-corrected chi connectivity index (χ0v) is 17.8. The average Bonchev–Trinajstić information content (AvgIpc) is 2.85. The first-order valence-electron chi connectivity index (χ1n) is 10.5. The van der Waals surface area contributed by atoms with E-state index < -0.39 is 10.9 Å². The topological polar surface area (TPSA) is 97.0 Å². The number of ether oxygens (including phenoxy) is 2. The van der Waals surface area contributed by atoms with Gasteiger partial charge in [0.1, 0.15) is 17.1 Å². The molecular weight excluding hydrogens is 410 g/mol. The zero-order chi connectivity index (χ0) is 22.5. The first-order valence-corrected chi connectivity index (χ1v) is 10.5. The second-order valence-electron chi connectivity index (χ2n) is 7.57. The van der Waals surface area contributed by atoms with Gasteiger partial charge in [-0.25, -0.2) is 0 Å². The molecule has 8 nitrogen and oxygen atoms in total. The van der Waals surface area contributed by atoms with Crippen LogP contribution in [0.25, 0.3) is 0 Å². The van der Waals surface area contributed by atoms with Crippen LogP contribution in [-0.2, 0) is 17.8 Å². The summed E-state index contributed by atoms with van der Waals surface area (Å²) in [4.78, 5) is 38.4. The van der Waals surface area contributed by atoms with Gasteiger partial charge < -0.3 is 25.0 Å². The predicted molar refractivity (Wildman–Crippen MR) is 122 cm³/mol. The van der Waals surface area contributed by atoms with Crippen LogP contribution in [0.5, 0.6) is 5.75 Å². The summed E-state index contributed by atoms with van der Waals surface area (Å²) in [7, 11) is 1.60. The van der Waals surface area contributed by atoms with E-state index in [1.54, 1.807) is 19.2 Å². The van der Waals surface area contributed by atoms with Gasteiger partial charge in [0, 0.05) is 31.7 Å². The molecule has 0 atom stereocenters. The Morgan fingerprint density at radius 3 is 2.47 bits per heavy atom. The Hall–Kier alpha value is -3.65. The van der Waals surface area contributed by atoms with Gasteiger partial charge in [0.25, 0.3) is 16.8 Å². The van der Waals surface area contributed by atoms with E-state index in [0.717, 1.165) is 16.9 Å². The lowest BCUT2D eigenvalue weighted by Crippen LogP contribution is -2.46. The second kappa shape index (κ2) is 9.65. The molecule has 8 heteroatoms. The van der Waals surface area contributed by atoms with Crippen molar-refractivity contribution in [2.45, 2.75) is 13.1 Å². The van der Waals surface area contributed by atoms with Gasteiger partial charge in [-0.15, -0.1) is 0 Å². The van der Waals surface area contributed by atoms with Crippen LogP contribution in [0.15, 0.2) is 58.1 Å². The van der Waals surface area contributed by atoms with E-state index in [2.05, 4.69) is 10.6 Å². The van der Waals surface area contributed by atoms with Crippen LogP contribution in [-0.4, -0.2) is 39.3 Å². The number of amides is 1. The molecule has 0 bridgehead atoms. The van der Waals surface area contributed by atoms with Gasteiger partial charge >= 0.3 is 0 Å². The summed E-state index contributed by atoms with van der Waals surface area (Å²) in [6, 6.07) is 14.7. The maximum atomic E-state index is 12.4. The smallest absolute Gasteiger partial charge is 0.253 e. The van der Waals surface area contributed by atoms with Crippen LogP contribution in [0.4, 0.5) is 11.4 Å². The third-order valence-corrected chi connectivity index (χ3v) is 5.49. The van der Waals surface area contributed by atoms with E-state index in [4.69, 9.17) is 9.47 Å². The van der Waals surface area contributed by atoms with Gasteiger partial charge in [0.05, 0.1) is 20.3 Å². The van der Waals surface area contributed by atoms with E-state index >= 15 is 0 Å². The Balaban J connectivity index is 1.33. The highest BCUT2D eigenvalue weighted by Gasteiger charge is 2.26. The lowest BCUT2D eigenvalue weighted by Gasteiger charge is -2.30. The van der Waals surface area contributed by atoms with Crippen molar-refractivity contribution in [2.75, 3.05) is 43.6 Å². The lowest BCUT2D eigenvalue weighted by molar-refractivity contribution is 0.0951. The number of methoxy groups -OCH3 is 1. The molecule has 0 saturated carbocycles. The fourth-order valence-electron chi connectivity index (χ4n) is 3.66. The molecule has 4 rings (SSSR count). The third kappa shape index (κ3) is 4.65. The second-order valence-corrected chi connectivity index (χ2v) is 7.57. The minimum absolute atomic E-state index is 0.176. The number of nitrogens with zero attached hydrogens (tertiary/aromatic N) is 1. The first-order chi connectivity index (χ1) is 15.6. The molecule has 1 aliphatic rings. The van der Waals surface area contributed by atoms with Crippen LogP contribution in [0.3, 0.4) is 0 Å². The summed E-state index contributed by atoms with van der Waals surface area (Å²) < 4.78 is 10.5. The summed E-state index contributed by atoms with van der Waals surface area (Å²) in [5.41, 5.74) is 2.26. The van der Waals surface area contributed by atoms with E-state index in [9.17, 15) is 14.4 Å². The largest absolute Gasteiger partial charge is 0.497 e. The van der Waals surface area contributed by atoms with E-state index in [1.807, 2.05) is 41.3 Å². The molecule has 0 aliphatic carbocycles. The number of nitrogens with one attached hydrogen (secondary N) is 2. The highest BCUT2D eigenvalue weighted by molar-refractivity contribution is 5.94. The van der Waals surface area contributed by atoms with Crippen molar-refractivity contribution >= 4 is 17.3 Å². The standard InChI is InChI=1S/C24H25N3O5/c1-31-19-4-2-3-17(13-19)15-26-24(30)18-7-5-16(6-8-18)14-25-20-21(23(29)22(20)28)27-9-11-32-12-10-27/h2-8,13,25H,9-12,14-15H2,1H3,(H,26,30). The van der Waals surface area contributed by atoms with Crippen LogP contribution in [0.2, 0.25) is 0 Å². The van der Waals surface area contributed by atoms with Crippen molar-refractivity contribution in [3.63, 3.8) is 0 Å². The summed E-state index contributed by atoms with van der Waals surface area (Å²) in [5.74, 6) is 0.566. The molecule has 3 aromatic rings. The van der Waals surface area contributed by atoms with Gasteiger partial charge in [-0.2, -0.15) is 0 Å². The SMILES string of the molecule is COc1cccc(CNC(=O)c2ccc(CNc3c(N4CCOCC4)c(=O)c3=O)cc2)c1. The fraction of sp³-hybridized carbons (Fsp3) is 0.292. The minimum Gasteiger partial charge on any atom is -0.497 e. The van der Waals surface area contributed by atoms with Crippen LogP contribution in [0, 0.1) is 0 Å². The fourth-order valence-corrected chi connectivity index (χ4v) is 3.66. The molecule has 1 saturated heterocycles. The van der Waals surface area contributed by atoms with Crippen molar-refractivity contribution in [1.29, 1.82) is 0 Å². The zero-order valence-electron chi connectivity index (χ0n) is 17.8. The Kier molecular flexibility index (Phi) is 6.51. The third-order valence-electron chi connectivity index (χ3n) is 5.49. The van der Waals surface area contributed by atoms with Crippen molar-refractivity contribution < 1.29 is 14.3 Å². The van der Waals surface area contributed by atoms with Gasteiger partial charge in [0.15, 0.2) is 0 Å². The van der Waals surface area contributed by atoms with Crippen LogP contribution in [0.1, 0.15) is 21.5 Å². The van der Waals surface area contributed by atoms with Gasteiger partial charge in [0.2, 0.25) is 0 Å². The molecule has 2 N–H and O–H groups in total. The predicted octanol–water partition coefficient (Wildman–Crippen LogP) is 1.67. The summed E-state index contributed by atoms with van der Waals surface area (Å²) in [6.45, 7) is 3.05. The molecule has 0 aromatic heterocycles. The number of anilines is 2. The normalized spacial score (nSPS) is 13.7. The van der Waals surface area contributed by atoms with Gasteiger partial charge in [-0.1, -0.05) is 24.3 Å². The van der Waals surface area contributed by atoms with Crippen molar-refractivity contribution in [2.24, 2.45) is 0 Å². The number of carbonyl (C=O) groups excluding carboxylic acids is 1. The molecular formula is C24H25N3O5. The maximum absolute atomic E-state index is 12.4. The Morgan fingerprint density at radius 2 is 1.75 bits per heavy atom. The first kappa shape index (κ1) is 21.6. The highest BCUT2D eigenvalue weighted by atomic mass is 16.5. The maximum Gasteiger partial charge on any atom is 0.253 e. The van der Waals surface area contributed by atoms with E-state index in [-0.39, 0.29) is 5.91 Å². The number of rotatable bonds is 8. The highest BCUT2D eigenvalue weighted by Crippen LogP contribution is 2.22. The summed E-state index contributed by atoms with van der Waals surface area (Å²) in [5, 5.41) is 5.98. The summed E-state index contributed by atoms with van der Waals surface area (Å²) in [6.07, 6.45) is 0. The van der Waals surface area contributed by atoms with Crippen molar-refractivity contribution in [3.8, 4) is 5.75 Å². The molecule has 1 heterocycles. The van der Waals surface area contributed by atoms with Gasteiger partial charge in [-0.3, -0.25) is 14.4 Å². The molecule has 0 spiro atoms. The van der Waals surface area contributed by atoms with E-state index in [1.165, 1.54) is 0 Å². The van der Waals surface area contributed by atoms with E-state index in [0.29, 0.717) is 56.3 Å². The quantitative estimate of drug-likeness (QED) is 0.520. The number of hydrogen-bond acceptors (Lipinski definition) is 7. The monoisotopic (exact) mass is 435 g/mol. The molecule has 166 valence electrons. The van der Waals surface area contributed by atoms with Crippen LogP contribution < -0.4 is 31.1 Å². The Bertz CT molecular complexity index is 1160. The molecule has 0 radical (unpaired) electrons. The van der Waals surface area contributed by atoms with Crippen LogP contribution >= 0.6 is 0 Å². The average molecular weight is 435 g/mol. The summed E-state index contributed by atoms with van der Waals surface area (Å²) >= 11 is 0. The number of benzene rings is 2. The minimum atomic E-state index is -0.486. The molecule has 32 heavy (non-hydrogen) atoms. The molecule has 1 fully saturated rings. The number of morpholine rings is 1. The molecule has 1 amide bonds. The van der Waals surface area contributed by atoms with Crippen molar-refractivity contribution in [3.05, 3.63) is 85.7 Å². The number of carbonyl (C=O) groups is 1. The lowest BCUT2D eigenvalue weighted by atomic mass is 10.1. The molecule has 3 aromatic carbocycles. The molecule has 1 aliphatic heterocycles. The van der Waals surface area contributed by atoms with Gasteiger partial charge in [-0.05, 0) is 35.4 Å². The Morgan fingerprint density at radius 1 is 1.00 bits per heavy atom. The Labute approximate surface area is 185 Å². The molecule has 0 unspecified atom stereocenters. The van der Waals surface area contributed by atoms with Crippen molar-refractivity contribution in [1.82, 2.24) is 5.32 Å². The number of hydrogen-bond donors (Lipinski definition) is 2.